The van der Waals surface area contributed by atoms with Crippen LogP contribution in [0.2, 0.25) is 5.02 Å². The quantitative estimate of drug-likeness (QED) is 0.358. The van der Waals surface area contributed by atoms with E-state index in [9.17, 15) is 14.4 Å². The monoisotopic (exact) mass is 485 g/mol. The smallest absolute Gasteiger partial charge is 0.337 e. The Morgan fingerprint density at radius 2 is 1.71 bits per heavy atom. The van der Waals surface area contributed by atoms with Gasteiger partial charge in [-0.2, -0.15) is 0 Å². The average molecular weight is 486 g/mol. The normalized spacial score (nSPS) is 25.9. The van der Waals surface area contributed by atoms with Gasteiger partial charge in [0.2, 0.25) is 0 Å². The third-order valence-corrected chi connectivity index (χ3v) is 7.49. The molecule has 0 amide bonds. The van der Waals surface area contributed by atoms with E-state index in [0.29, 0.717) is 28.3 Å². The highest BCUT2D eigenvalue weighted by Crippen LogP contribution is 2.45. The first-order chi connectivity index (χ1) is 16.3. The number of halogens is 1. The van der Waals surface area contributed by atoms with Gasteiger partial charge in [0.25, 0.3) is 0 Å². The Hall–Kier alpha value is -2.60. The molecule has 0 bridgehead atoms. The van der Waals surface area contributed by atoms with Crippen LogP contribution in [0, 0.1) is 11.8 Å². The molecule has 1 aromatic carbocycles. The Morgan fingerprint density at radius 1 is 1.06 bits per heavy atom. The molecule has 3 atom stereocenters. The zero-order chi connectivity index (χ0) is 24.4. The molecule has 1 aliphatic heterocycles. The number of ether oxygens (including phenoxy) is 2. The molecule has 0 spiro atoms. The van der Waals surface area contributed by atoms with Crippen LogP contribution < -0.4 is 5.32 Å². The zero-order valence-electron chi connectivity index (χ0n) is 20.0. The highest BCUT2D eigenvalue weighted by atomic mass is 35.5. The van der Waals surface area contributed by atoms with Crippen LogP contribution in [0.1, 0.15) is 70.3 Å². The van der Waals surface area contributed by atoms with Crippen molar-refractivity contribution in [2.24, 2.45) is 11.8 Å². The van der Waals surface area contributed by atoms with Crippen molar-refractivity contribution in [1.29, 1.82) is 0 Å². The summed E-state index contributed by atoms with van der Waals surface area (Å²) in [6.07, 6.45) is 6.49. The molecule has 2 aliphatic carbocycles. The number of carbonyl (C=O) groups is 3. The summed E-state index contributed by atoms with van der Waals surface area (Å²) in [5.41, 5.74) is 3.04. The van der Waals surface area contributed by atoms with E-state index in [1.54, 1.807) is 12.1 Å². The molecule has 1 aromatic rings. The minimum atomic E-state index is -0.905. The molecule has 7 heteroatoms. The standard InChI is InChI=1S/C27H32ClNO5/c1-15-14-20-24(25(30)21(15)26(31)33-3)23(17-10-12-18(28)13-11-17)22(16(2)29-20)27(32)34-19-8-6-4-5-7-9-19/h10-13,15,19,21,23,29H,4-9,14H2,1-3H3/t15-,21-,23+/m0/s1. The van der Waals surface area contributed by atoms with Gasteiger partial charge in [0.05, 0.1) is 12.7 Å². The largest absolute Gasteiger partial charge is 0.468 e. The Morgan fingerprint density at radius 3 is 2.32 bits per heavy atom. The minimum Gasteiger partial charge on any atom is -0.468 e. The van der Waals surface area contributed by atoms with Crippen molar-refractivity contribution in [3.63, 3.8) is 0 Å². The van der Waals surface area contributed by atoms with E-state index in [4.69, 9.17) is 21.1 Å². The molecule has 3 aliphatic rings. The lowest BCUT2D eigenvalue weighted by atomic mass is 9.69. The Labute approximate surface area is 205 Å². The topological polar surface area (TPSA) is 81.7 Å². The summed E-state index contributed by atoms with van der Waals surface area (Å²) in [6.45, 7) is 3.72. The van der Waals surface area contributed by atoms with Crippen molar-refractivity contribution in [1.82, 2.24) is 5.32 Å². The van der Waals surface area contributed by atoms with Gasteiger partial charge in [0.1, 0.15) is 12.0 Å². The van der Waals surface area contributed by atoms with Crippen LogP contribution in [-0.2, 0) is 23.9 Å². The molecule has 4 rings (SSSR count). The maximum absolute atomic E-state index is 13.7. The molecular formula is C27H32ClNO5. The van der Waals surface area contributed by atoms with Crippen molar-refractivity contribution in [3.05, 3.63) is 57.4 Å². The van der Waals surface area contributed by atoms with Crippen molar-refractivity contribution in [2.75, 3.05) is 7.11 Å². The molecular weight excluding hydrogens is 454 g/mol. The van der Waals surface area contributed by atoms with E-state index in [-0.39, 0.29) is 17.8 Å². The number of ketones is 1. The fourth-order valence-corrected chi connectivity index (χ4v) is 5.64. The van der Waals surface area contributed by atoms with E-state index < -0.39 is 23.8 Å². The fourth-order valence-electron chi connectivity index (χ4n) is 5.51. The van der Waals surface area contributed by atoms with Gasteiger partial charge < -0.3 is 14.8 Å². The van der Waals surface area contributed by atoms with Crippen LogP contribution in [-0.4, -0.2) is 30.9 Å². The van der Waals surface area contributed by atoms with Crippen LogP contribution in [0.5, 0.6) is 0 Å². The summed E-state index contributed by atoms with van der Waals surface area (Å²) in [5.74, 6) is -3.03. The van der Waals surface area contributed by atoms with Gasteiger partial charge in [-0.15, -0.1) is 0 Å². The minimum absolute atomic E-state index is 0.124. The van der Waals surface area contributed by atoms with Gasteiger partial charge in [-0.05, 0) is 62.6 Å². The van der Waals surface area contributed by atoms with Gasteiger partial charge >= 0.3 is 11.9 Å². The lowest BCUT2D eigenvalue weighted by Crippen LogP contribution is -2.43. The van der Waals surface area contributed by atoms with Gasteiger partial charge in [0, 0.05) is 27.9 Å². The first-order valence-corrected chi connectivity index (χ1v) is 12.5. The van der Waals surface area contributed by atoms with Crippen LogP contribution in [0.4, 0.5) is 0 Å². The van der Waals surface area contributed by atoms with Crippen molar-refractivity contribution in [3.8, 4) is 0 Å². The second-order valence-electron chi connectivity index (χ2n) is 9.61. The Balaban J connectivity index is 1.76. The fraction of sp³-hybridized carbons (Fsp3) is 0.519. The van der Waals surface area contributed by atoms with Crippen molar-refractivity contribution >= 4 is 29.3 Å². The number of allylic oxidation sites excluding steroid dienone is 3. The van der Waals surface area contributed by atoms with Crippen LogP contribution >= 0.6 is 11.6 Å². The number of methoxy groups -OCH3 is 1. The molecule has 1 fully saturated rings. The van der Waals surface area contributed by atoms with Crippen LogP contribution in [0.25, 0.3) is 0 Å². The molecule has 182 valence electrons. The second kappa shape index (κ2) is 10.3. The molecule has 0 aromatic heterocycles. The van der Waals surface area contributed by atoms with Gasteiger partial charge in [0.15, 0.2) is 5.78 Å². The van der Waals surface area contributed by atoms with Gasteiger partial charge in [-0.3, -0.25) is 9.59 Å². The summed E-state index contributed by atoms with van der Waals surface area (Å²) in [4.78, 5) is 39.8. The molecule has 0 saturated heterocycles. The number of benzene rings is 1. The maximum Gasteiger partial charge on any atom is 0.337 e. The molecule has 6 nitrogen and oxygen atoms in total. The highest BCUT2D eigenvalue weighted by Gasteiger charge is 2.47. The zero-order valence-corrected chi connectivity index (χ0v) is 20.7. The summed E-state index contributed by atoms with van der Waals surface area (Å²) in [6, 6.07) is 7.15. The number of carbonyl (C=O) groups excluding carboxylic acids is 3. The highest BCUT2D eigenvalue weighted by molar-refractivity contribution is 6.30. The van der Waals surface area contributed by atoms with E-state index in [1.807, 2.05) is 26.0 Å². The maximum atomic E-state index is 13.7. The average Bonchev–Trinajstić information content (AvgIpc) is 3.07. The first-order valence-electron chi connectivity index (χ1n) is 12.1. The SMILES string of the molecule is COC(=O)[C@@H]1C(=O)C2=C(C[C@@H]1C)NC(C)=C(C(=O)OC1CCCCCC1)[C@H]2c1ccc(Cl)cc1. The second-order valence-corrected chi connectivity index (χ2v) is 10.0. The summed E-state index contributed by atoms with van der Waals surface area (Å²) in [5, 5.41) is 3.87. The number of rotatable bonds is 4. The molecule has 1 N–H and O–H groups in total. The van der Waals surface area contributed by atoms with Crippen LogP contribution in [0.3, 0.4) is 0 Å². The number of hydrogen-bond acceptors (Lipinski definition) is 6. The van der Waals surface area contributed by atoms with Gasteiger partial charge in [-0.1, -0.05) is 43.5 Å². The predicted molar refractivity (Wildman–Crippen MR) is 129 cm³/mol. The summed E-state index contributed by atoms with van der Waals surface area (Å²) >= 11 is 6.14. The predicted octanol–water partition coefficient (Wildman–Crippen LogP) is 5.22. The number of esters is 2. The van der Waals surface area contributed by atoms with Crippen molar-refractivity contribution < 1.29 is 23.9 Å². The Kier molecular flexibility index (Phi) is 7.46. The van der Waals surface area contributed by atoms with E-state index in [1.165, 1.54) is 7.11 Å². The Bertz CT molecular complexity index is 1030. The van der Waals surface area contributed by atoms with E-state index in [0.717, 1.165) is 49.8 Å². The van der Waals surface area contributed by atoms with Crippen molar-refractivity contribution in [2.45, 2.75) is 70.8 Å². The lowest BCUT2D eigenvalue weighted by Gasteiger charge is -2.38. The van der Waals surface area contributed by atoms with E-state index >= 15 is 0 Å². The number of nitrogens with one attached hydrogen (secondary N) is 1. The van der Waals surface area contributed by atoms with Gasteiger partial charge in [-0.25, -0.2) is 4.79 Å². The first kappa shape index (κ1) is 24.5. The molecule has 34 heavy (non-hydrogen) atoms. The third-order valence-electron chi connectivity index (χ3n) is 7.24. The molecule has 0 radical (unpaired) electrons. The lowest BCUT2D eigenvalue weighted by molar-refractivity contribution is -0.151. The number of Topliss-reactive ketones (excluding diaryl/α,β-unsaturated/α-hetero) is 1. The molecule has 0 unspecified atom stereocenters. The summed E-state index contributed by atoms with van der Waals surface area (Å²) < 4.78 is 11.0. The summed E-state index contributed by atoms with van der Waals surface area (Å²) in [7, 11) is 1.29. The van der Waals surface area contributed by atoms with Crippen LogP contribution in [0.15, 0.2) is 46.8 Å². The third kappa shape index (κ3) is 4.78. The van der Waals surface area contributed by atoms with E-state index in [2.05, 4.69) is 5.32 Å². The molecule has 1 saturated carbocycles. The number of dihydropyridines is 1. The number of hydrogen-bond donors (Lipinski definition) is 1. The molecule has 1 heterocycles.